The van der Waals surface area contributed by atoms with Gasteiger partial charge in [-0.05, 0) is 31.9 Å². The second kappa shape index (κ2) is 8.53. The van der Waals surface area contributed by atoms with Crippen LogP contribution in [0, 0.1) is 6.92 Å². The van der Waals surface area contributed by atoms with Crippen molar-refractivity contribution in [1.82, 2.24) is 5.32 Å². The SMILES string of the molecule is CCC(CO)NC(=O)CCCOc1ccc(C)cc1. The monoisotopic (exact) mass is 265 g/mol. The number of aliphatic hydroxyl groups is 1. The van der Waals surface area contributed by atoms with E-state index in [-0.39, 0.29) is 18.6 Å². The van der Waals surface area contributed by atoms with Gasteiger partial charge in [-0.15, -0.1) is 0 Å². The van der Waals surface area contributed by atoms with E-state index in [0.29, 0.717) is 19.4 Å². The zero-order chi connectivity index (χ0) is 14.1. The van der Waals surface area contributed by atoms with Crippen molar-refractivity contribution in [2.45, 2.75) is 39.2 Å². The van der Waals surface area contributed by atoms with Crippen molar-refractivity contribution >= 4 is 5.91 Å². The molecule has 106 valence electrons. The third-order valence-electron chi connectivity index (χ3n) is 2.92. The number of ether oxygens (including phenoxy) is 1. The van der Waals surface area contributed by atoms with Crippen LogP contribution in [0.25, 0.3) is 0 Å². The highest BCUT2D eigenvalue weighted by Crippen LogP contribution is 2.11. The van der Waals surface area contributed by atoms with E-state index in [1.807, 2.05) is 38.1 Å². The van der Waals surface area contributed by atoms with Gasteiger partial charge in [0.1, 0.15) is 5.75 Å². The van der Waals surface area contributed by atoms with Crippen LogP contribution in [0.4, 0.5) is 0 Å². The van der Waals surface area contributed by atoms with Crippen molar-refractivity contribution in [2.75, 3.05) is 13.2 Å². The minimum atomic E-state index is -0.134. The summed E-state index contributed by atoms with van der Waals surface area (Å²) in [4.78, 5) is 11.5. The average molecular weight is 265 g/mol. The van der Waals surface area contributed by atoms with Gasteiger partial charge in [0.25, 0.3) is 0 Å². The minimum Gasteiger partial charge on any atom is -0.494 e. The molecule has 1 atom stereocenters. The maximum atomic E-state index is 11.5. The van der Waals surface area contributed by atoms with Gasteiger partial charge in [0, 0.05) is 6.42 Å². The van der Waals surface area contributed by atoms with Gasteiger partial charge in [-0.25, -0.2) is 0 Å². The molecule has 1 unspecified atom stereocenters. The summed E-state index contributed by atoms with van der Waals surface area (Å²) in [6.45, 7) is 4.47. The van der Waals surface area contributed by atoms with Crippen LogP contribution in [0.1, 0.15) is 31.7 Å². The molecule has 0 saturated heterocycles. The quantitative estimate of drug-likeness (QED) is 0.707. The molecular weight excluding hydrogens is 242 g/mol. The summed E-state index contributed by atoms with van der Waals surface area (Å²) in [6.07, 6.45) is 1.83. The van der Waals surface area contributed by atoms with Crippen molar-refractivity contribution in [1.29, 1.82) is 0 Å². The lowest BCUT2D eigenvalue weighted by atomic mass is 10.2. The summed E-state index contributed by atoms with van der Waals surface area (Å²) in [5.74, 6) is 0.793. The molecule has 1 aromatic rings. The van der Waals surface area contributed by atoms with Crippen molar-refractivity contribution < 1.29 is 14.6 Å². The predicted octanol–water partition coefficient (Wildman–Crippen LogP) is 2.04. The van der Waals surface area contributed by atoms with E-state index in [9.17, 15) is 4.79 Å². The fourth-order valence-electron chi connectivity index (χ4n) is 1.63. The number of aryl methyl sites for hydroxylation is 1. The van der Waals surface area contributed by atoms with Crippen LogP contribution in [0.15, 0.2) is 24.3 Å². The summed E-state index contributed by atoms with van der Waals surface area (Å²) >= 11 is 0. The molecule has 19 heavy (non-hydrogen) atoms. The number of aliphatic hydroxyl groups excluding tert-OH is 1. The van der Waals surface area contributed by atoms with E-state index < -0.39 is 0 Å². The molecule has 4 nitrogen and oxygen atoms in total. The van der Waals surface area contributed by atoms with Gasteiger partial charge in [-0.3, -0.25) is 4.79 Å². The predicted molar refractivity (Wildman–Crippen MR) is 75.2 cm³/mol. The van der Waals surface area contributed by atoms with Gasteiger partial charge in [0.05, 0.1) is 19.3 Å². The van der Waals surface area contributed by atoms with Gasteiger partial charge in [-0.1, -0.05) is 24.6 Å². The molecule has 1 rings (SSSR count). The van der Waals surface area contributed by atoms with Crippen LogP contribution < -0.4 is 10.1 Å². The number of nitrogens with one attached hydrogen (secondary N) is 1. The molecule has 0 heterocycles. The first-order chi connectivity index (χ1) is 9.15. The molecule has 0 bridgehead atoms. The largest absolute Gasteiger partial charge is 0.494 e. The summed E-state index contributed by atoms with van der Waals surface area (Å²) < 4.78 is 5.54. The number of hydrogen-bond acceptors (Lipinski definition) is 3. The summed E-state index contributed by atoms with van der Waals surface area (Å²) in [5.41, 5.74) is 1.20. The van der Waals surface area contributed by atoms with Crippen LogP contribution in [-0.4, -0.2) is 30.3 Å². The maximum Gasteiger partial charge on any atom is 0.220 e. The molecule has 0 aliphatic heterocycles. The van der Waals surface area contributed by atoms with E-state index >= 15 is 0 Å². The summed E-state index contributed by atoms with van der Waals surface area (Å²) in [6, 6.07) is 7.71. The van der Waals surface area contributed by atoms with E-state index in [1.165, 1.54) is 5.56 Å². The first kappa shape index (κ1) is 15.5. The van der Waals surface area contributed by atoms with Crippen molar-refractivity contribution in [2.24, 2.45) is 0 Å². The highest BCUT2D eigenvalue weighted by molar-refractivity contribution is 5.76. The Bertz CT molecular complexity index is 371. The Morgan fingerprint density at radius 1 is 1.37 bits per heavy atom. The van der Waals surface area contributed by atoms with Crippen LogP contribution in [0.5, 0.6) is 5.75 Å². The van der Waals surface area contributed by atoms with Crippen LogP contribution in [0.2, 0.25) is 0 Å². The molecule has 1 aromatic carbocycles. The second-order valence-electron chi connectivity index (χ2n) is 4.62. The zero-order valence-corrected chi connectivity index (χ0v) is 11.7. The first-order valence-corrected chi connectivity index (χ1v) is 6.75. The number of carbonyl (C=O) groups is 1. The highest BCUT2D eigenvalue weighted by atomic mass is 16.5. The lowest BCUT2D eigenvalue weighted by molar-refractivity contribution is -0.122. The Hall–Kier alpha value is -1.55. The van der Waals surface area contributed by atoms with Crippen molar-refractivity contribution in [3.05, 3.63) is 29.8 Å². The van der Waals surface area contributed by atoms with Crippen LogP contribution >= 0.6 is 0 Å². The highest BCUT2D eigenvalue weighted by Gasteiger charge is 2.08. The number of benzene rings is 1. The molecular formula is C15H23NO3. The third kappa shape index (κ3) is 6.25. The molecule has 0 aliphatic rings. The van der Waals surface area contributed by atoms with E-state index in [2.05, 4.69) is 5.32 Å². The fraction of sp³-hybridized carbons (Fsp3) is 0.533. The molecule has 1 amide bonds. The summed E-state index contributed by atoms with van der Waals surface area (Å²) in [7, 11) is 0. The standard InChI is InChI=1S/C15H23NO3/c1-3-13(11-17)16-15(18)5-4-10-19-14-8-6-12(2)7-9-14/h6-9,13,17H,3-5,10-11H2,1-2H3,(H,16,18). The Balaban J connectivity index is 2.16. The van der Waals surface area contributed by atoms with Crippen molar-refractivity contribution in [3.8, 4) is 5.75 Å². The van der Waals surface area contributed by atoms with Gasteiger partial charge >= 0.3 is 0 Å². The Morgan fingerprint density at radius 3 is 2.63 bits per heavy atom. The lowest BCUT2D eigenvalue weighted by Crippen LogP contribution is -2.36. The normalized spacial score (nSPS) is 11.9. The van der Waals surface area contributed by atoms with Gasteiger partial charge in [0.15, 0.2) is 0 Å². The smallest absolute Gasteiger partial charge is 0.220 e. The van der Waals surface area contributed by atoms with Crippen LogP contribution in [-0.2, 0) is 4.79 Å². The van der Waals surface area contributed by atoms with E-state index in [0.717, 1.165) is 12.2 Å². The Morgan fingerprint density at radius 2 is 2.05 bits per heavy atom. The molecule has 0 fully saturated rings. The number of amides is 1. The molecule has 0 aromatic heterocycles. The minimum absolute atomic E-state index is 0.0118. The van der Waals surface area contributed by atoms with E-state index in [4.69, 9.17) is 9.84 Å². The first-order valence-electron chi connectivity index (χ1n) is 6.75. The van der Waals surface area contributed by atoms with Crippen molar-refractivity contribution in [3.63, 3.8) is 0 Å². The molecule has 4 heteroatoms. The Kier molecular flexibility index (Phi) is 6.97. The number of hydrogen-bond donors (Lipinski definition) is 2. The van der Waals surface area contributed by atoms with Gasteiger partial charge < -0.3 is 15.2 Å². The molecule has 0 saturated carbocycles. The molecule has 0 aliphatic carbocycles. The maximum absolute atomic E-state index is 11.5. The van der Waals surface area contributed by atoms with Gasteiger partial charge in [0.2, 0.25) is 5.91 Å². The zero-order valence-electron chi connectivity index (χ0n) is 11.7. The van der Waals surface area contributed by atoms with Crippen LogP contribution in [0.3, 0.4) is 0 Å². The number of rotatable bonds is 8. The lowest BCUT2D eigenvalue weighted by Gasteiger charge is -2.13. The van der Waals surface area contributed by atoms with Gasteiger partial charge in [-0.2, -0.15) is 0 Å². The third-order valence-corrected chi connectivity index (χ3v) is 2.92. The fourth-order valence-corrected chi connectivity index (χ4v) is 1.63. The average Bonchev–Trinajstić information content (AvgIpc) is 2.43. The molecule has 0 spiro atoms. The second-order valence-corrected chi connectivity index (χ2v) is 4.62. The number of carbonyl (C=O) groups excluding carboxylic acids is 1. The molecule has 2 N–H and O–H groups in total. The molecule has 0 radical (unpaired) electrons. The topological polar surface area (TPSA) is 58.6 Å². The summed E-state index contributed by atoms with van der Waals surface area (Å²) in [5, 5.41) is 11.8. The van der Waals surface area contributed by atoms with E-state index in [1.54, 1.807) is 0 Å². The Labute approximate surface area is 114 Å².